The first kappa shape index (κ1) is 20.4. The zero-order chi connectivity index (χ0) is 20.2. The van der Waals surface area contributed by atoms with Gasteiger partial charge in [-0.1, -0.05) is 37.5 Å². The van der Waals surface area contributed by atoms with Crippen molar-refractivity contribution in [2.45, 2.75) is 76.8 Å². The van der Waals surface area contributed by atoms with Gasteiger partial charge < -0.3 is 10.2 Å². The maximum absolute atomic E-state index is 13.2. The topological polar surface area (TPSA) is 52.7 Å². The van der Waals surface area contributed by atoms with Crippen molar-refractivity contribution >= 4 is 17.5 Å². The second-order valence-electron chi connectivity index (χ2n) is 9.05. The highest BCUT2D eigenvalue weighted by molar-refractivity contribution is 5.98. The number of nitrogens with one attached hydrogen (secondary N) is 1. The molecule has 1 aromatic rings. The lowest BCUT2D eigenvalue weighted by Gasteiger charge is -2.39. The van der Waals surface area contributed by atoms with Crippen LogP contribution in [0.15, 0.2) is 24.3 Å². The van der Waals surface area contributed by atoms with Crippen molar-refractivity contribution in [3.8, 4) is 0 Å². The summed E-state index contributed by atoms with van der Waals surface area (Å²) in [5.74, 6) is 0.695. The summed E-state index contributed by atoms with van der Waals surface area (Å²) in [6, 6.07) is 8.44. The lowest BCUT2D eigenvalue weighted by Crippen LogP contribution is -2.53. The molecular formula is C24H35N3O2. The standard InChI is InChI=1S/C24H35N3O2/c1-18(24(29)27-15-7-11-19-8-5-6-12-22(19)27)26-16-13-21(14-17-26)25-23(28)20-9-3-2-4-10-20/h5-6,8,12,18,20-21H,2-4,7,9-11,13-17H2,1H3,(H,25,28). The highest BCUT2D eigenvalue weighted by Crippen LogP contribution is 2.28. The molecule has 2 aliphatic heterocycles. The number of piperidine rings is 1. The Hall–Kier alpha value is -1.88. The van der Waals surface area contributed by atoms with Gasteiger partial charge in [0.05, 0.1) is 6.04 Å². The summed E-state index contributed by atoms with van der Waals surface area (Å²) in [6.07, 6.45) is 9.71. The molecule has 1 unspecified atom stereocenters. The van der Waals surface area contributed by atoms with E-state index in [0.717, 1.165) is 63.8 Å². The Morgan fingerprint density at radius 3 is 2.45 bits per heavy atom. The van der Waals surface area contributed by atoms with Crippen molar-refractivity contribution in [2.24, 2.45) is 5.92 Å². The lowest BCUT2D eigenvalue weighted by molar-refractivity contribution is -0.128. The van der Waals surface area contributed by atoms with Crippen LogP contribution in [0.5, 0.6) is 0 Å². The van der Waals surface area contributed by atoms with E-state index in [1.165, 1.54) is 24.8 Å². The van der Waals surface area contributed by atoms with Crippen LogP contribution in [-0.4, -0.2) is 48.4 Å². The molecule has 1 saturated heterocycles. The number of amides is 2. The van der Waals surface area contributed by atoms with E-state index in [1.807, 2.05) is 17.9 Å². The monoisotopic (exact) mass is 397 g/mol. The first-order valence-electron chi connectivity index (χ1n) is 11.6. The van der Waals surface area contributed by atoms with Crippen LogP contribution in [0.3, 0.4) is 0 Å². The molecule has 0 aromatic heterocycles. The van der Waals surface area contributed by atoms with E-state index in [0.29, 0.717) is 0 Å². The number of carbonyl (C=O) groups is 2. The molecule has 0 radical (unpaired) electrons. The van der Waals surface area contributed by atoms with Crippen LogP contribution in [0, 0.1) is 5.92 Å². The van der Waals surface area contributed by atoms with Crippen LogP contribution in [0.1, 0.15) is 63.9 Å². The first-order valence-corrected chi connectivity index (χ1v) is 11.6. The largest absolute Gasteiger partial charge is 0.353 e. The quantitative estimate of drug-likeness (QED) is 0.846. The molecule has 1 aliphatic carbocycles. The number of para-hydroxylation sites is 1. The molecule has 2 fully saturated rings. The van der Waals surface area contributed by atoms with Gasteiger partial charge in [-0.3, -0.25) is 14.5 Å². The molecule has 2 heterocycles. The normalized spacial score (nSPS) is 22.7. The molecule has 1 atom stereocenters. The molecule has 0 spiro atoms. The smallest absolute Gasteiger partial charge is 0.244 e. The lowest BCUT2D eigenvalue weighted by atomic mass is 9.88. The number of benzene rings is 1. The van der Waals surface area contributed by atoms with Crippen molar-refractivity contribution in [1.82, 2.24) is 10.2 Å². The van der Waals surface area contributed by atoms with E-state index in [9.17, 15) is 9.59 Å². The van der Waals surface area contributed by atoms with Gasteiger partial charge in [-0.15, -0.1) is 0 Å². The number of hydrogen-bond donors (Lipinski definition) is 1. The van der Waals surface area contributed by atoms with Crippen LogP contribution in [0.25, 0.3) is 0 Å². The maximum atomic E-state index is 13.2. The van der Waals surface area contributed by atoms with E-state index in [-0.39, 0.29) is 29.8 Å². The molecule has 1 saturated carbocycles. The Kier molecular flexibility index (Phi) is 6.53. The van der Waals surface area contributed by atoms with Crippen molar-refractivity contribution < 1.29 is 9.59 Å². The van der Waals surface area contributed by atoms with E-state index >= 15 is 0 Å². The molecular weight excluding hydrogens is 362 g/mol. The molecule has 4 rings (SSSR count). The predicted molar refractivity (Wildman–Crippen MR) is 116 cm³/mol. The molecule has 0 bridgehead atoms. The minimum atomic E-state index is -0.115. The van der Waals surface area contributed by atoms with Gasteiger partial charge in [-0.05, 0) is 57.1 Å². The number of hydrogen-bond acceptors (Lipinski definition) is 3. The summed E-state index contributed by atoms with van der Waals surface area (Å²) in [7, 11) is 0. The molecule has 1 N–H and O–H groups in total. The number of likely N-dealkylation sites (tertiary alicyclic amines) is 1. The fourth-order valence-electron chi connectivity index (χ4n) is 5.26. The second-order valence-corrected chi connectivity index (χ2v) is 9.05. The van der Waals surface area contributed by atoms with E-state index in [2.05, 4.69) is 28.4 Å². The minimum absolute atomic E-state index is 0.115. The van der Waals surface area contributed by atoms with Crippen molar-refractivity contribution in [3.63, 3.8) is 0 Å². The van der Waals surface area contributed by atoms with Crippen LogP contribution >= 0.6 is 0 Å². The summed E-state index contributed by atoms with van der Waals surface area (Å²) >= 11 is 0. The fourth-order valence-corrected chi connectivity index (χ4v) is 5.26. The summed E-state index contributed by atoms with van der Waals surface area (Å²) in [6.45, 7) is 4.60. The molecule has 29 heavy (non-hydrogen) atoms. The summed E-state index contributed by atoms with van der Waals surface area (Å²) in [5, 5.41) is 3.29. The second kappa shape index (κ2) is 9.29. The van der Waals surface area contributed by atoms with Gasteiger partial charge in [0, 0.05) is 37.3 Å². The Morgan fingerprint density at radius 2 is 1.69 bits per heavy atom. The number of nitrogens with zero attached hydrogens (tertiary/aromatic N) is 2. The number of anilines is 1. The third-order valence-corrected chi connectivity index (χ3v) is 7.13. The Bertz CT molecular complexity index is 721. The van der Waals surface area contributed by atoms with Gasteiger partial charge in [0.15, 0.2) is 0 Å². The highest BCUT2D eigenvalue weighted by atomic mass is 16.2. The summed E-state index contributed by atoms with van der Waals surface area (Å²) < 4.78 is 0. The van der Waals surface area contributed by atoms with Gasteiger partial charge in [0.25, 0.3) is 0 Å². The maximum Gasteiger partial charge on any atom is 0.244 e. The highest BCUT2D eigenvalue weighted by Gasteiger charge is 2.32. The number of aryl methyl sites for hydroxylation is 1. The first-order chi connectivity index (χ1) is 14.1. The zero-order valence-corrected chi connectivity index (χ0v) is 17.7. The van der Waals surface area contributed by atoms with E-state index < -0.39 is 0 Å². The number of carbonyl (C=O) groups excluding carboxylic acids is 2. The molecule has 5 nitrogen and oxygen atoms in total. The Balaban J connectivity index is 1.29. The predicted octanol–water partition coefficient (Wildman–Crippen LogP) is 3.52. The van der Waals surface area contributed by atoms with E-state index in [4.69, 9.17) is 0 Å². The van der Waals surface area contributed by atoms with Crippen molar-refractivity contribution in [1.29, 1.82) is 0 Å². The van der Waals surface area contributed by atoms with Crippen LogP contribution in [-0.2, 0) is 16.0 Å². The van der Waals surface area contributed by atoms with E-state index in [1.54, 1.807) is 0 Å². The van der Waals surface area contributed by atoms with Crippen molar-refractivity contribution in [3.05, 3.63) is 29.8 Å². The molecule has 3 aliphatic rings. The average molecular weight is 398 g/mol. The van der Waals surface area contributed by atoms with Gasteiger partial charge >= 0.3 is 0 Å². The Morgan fingerprint density at radius 1 is 0.966 bits per heavy atom. The average Bonchev–Trinajstić information content (AvgIpc) is 2.79. The van der Waals surface area contributed by atoms with Crippen LogP contribution < -0.4 is 10.2 Å². The van der Waals surface area contributed by atoms with Crippen molar-refractivity contribution in [2.75, 3.05) is 24.5 Å². The van der Waals surface area contributed by atoms with Gasteiger partial charge in [0.2, 0.25) is 11.8 Å². The SMILES string of the molecule is CC(C(=O)N1CCCc2ccccc21)N1CCC(NC(=O)C2CCCCC2)CC1. The van der Waals surface area contributed by atoms with Crippen LogP contribution in [0.2, 0.25) is 0 Å². The van der Waals surface area contributed by atoms with Gasteiger partial charge in [-0.2, -0.15) is 0 Å². The fraction of sp³-hybridized carbons (Fsp3) is 0.667. The minimum Gasteiger partial charge on any atom is -0.353 e. The third kappa shape index (κ3) is 4.66. The number of fused-ring (bicyclic) bond motifs is 1. The molecule has 158 valence electrons. The number of rotatable bonds is 4. The Labute approximate surface area is 174 Å². The summed E-state index contributed by atoms with van der Waals surface area (Å²) in [4.78, 5) is 30.0. The summed E-state index contributed by atoms with van der Waals surface area (Å²) in [5.41, 5.74) is 2.37. The van der Waals surface area contributed by atoms with Gasteiger partial charge in [0.1, 0.15) is 0 Å². The van der Waals surface area contributed by atoms with Gasteiger partial charge in [-0.25, -0.2) is 0 Å². The third-order valence-electron chi connectivity index (χ3n) is 7.13. The van der Waals surface area contributed by atoms with Crippen LogP contribution in [0.4, 0.5) is 5.69 Å². The molecule has 5 heteroatoms. The molecule has 2 amide bonds. The zero-order valence-electron chi connectivity index (χ0n) is 17.7. The molecule has 1 aromatic carbocycles.